The molecule has 3 rings (SSSR count). The first-order valence-corrected chi connectivity index (χ1v) is 11.8. The number of aliphatic hydroxyl groups excluding tert-OH is 1. The summed E-state index contributed by atoms with van der Waals surface area (Å²) < 4.78 is 39.9. The molecule has 2 aromatic carbocycles. The van der Waals surface area contributed by atoms with Crippen molar-refractivity contribution < 1.29 is 22.7 Å². The van der Waals surface area contributed by atoms with Crippen LogP contribution < -0.4 is 20.7 Å². The van der Waals surface area contributed by atoms with E-state index in [1.165, 1.54) is 18.3 Å². The molecule has 0 aliphatic heterocycles. The van der Waals surface area contributed by atoms with Gasteiger partial charge in [0.05, 0.1) is 36.1 Å². The molecule has 1 aromatic heterocycles. The molecule has 0 aliphatic rings. The Morgan fingerprint density at radius 2 is 1.85 bits per heavy atom. The Bertz CT molecular complexity index is 1280. The van der Waals surface area contributed by atoms with Crippen molar-refractivity contribution in [2.75, 3.05) is 34.8 Å². The van der Waals surface area contributed by atoms with E-state index in [9.17, 15) is 17.6 Å². The fourth-order valence-corrected chi connectivity index (χ4v) is 3.39. The van der Waals surface area contributed by atoms with Crippen molar-refractivity contribution in [1.82, 2.24) is 15.3 Å². The molecule has 0 saturated carbocycles. The highest BCUT2D eigenvalue weighted by molar-refractivity contribution is 7.92. The van der Waals surface area contributed by atoms with E-state index in [0.717, 1.165) is 12.3 Å². The summed E-state index contributed by atoms with van der Waals surface area (Å²) in [6, 6.07) is 10.2. The lowest BCUT2D eigenvalue weighted by Crippen LogP contribution is -2.26. The highest BCUT2D eigenvalue weighted by atomic mass is 35.5. The smallest absolute Gasteiger partial charge is 0.251 e. The lowest BCUT2D eigenvalue weighted by Gasteiger charge is -2.14. The maximum atomic E-state index is 14.3. The second-order valence-corrected chi connectivity index (χ2v) is 8.89. The number of sulfonamides is 1. The van der Waals surface area contributed by atoms with Crippen molar-refractivity contribution in [3.05, 3.63) is 65.1 Å². The number of carbonyl (C=O) groups excluding carboxylic acids is 1. The summed E-state index contributed by atoms with van der Waals surface area (Å²) in [6.07, 6.45) is 2.30. The van der Waals surface area contributed by atoms with Crippen molar-refractivity contribution in [3.8, 4) is 0 Å². The number of aliphatic hydroxyl groups is 1. The van der Waals surface area contributed by atoms with Crippen LogP contribution in [0.1, 0.15) is 10.4 Å². The number of rotatable bonds is 9. The SMILES string of the molecule is CS(=O)(=O)Nc1ccccc1Nc1nc(Nc2cc(C(=O)NCCO)ccc2F)ncc1Cl. The summed E-state index contributed by atoms with van der Waals surface area (Å²) in [5.41, 5.74) is 0.763. The van der Waals surface area contributed by atoms with Crippen molar-refractivity contribution in [2.45, 2.75) is 0 Å². The third-order valence-corrected chi connectivity index (χ3v) is 4.96. The molecular formula is C20H20ClFN6O4S. The summed E-state index contributed by atoms with van der Waals surface area (Å²) in [4.78, 5) is 20.3. The number of benzene rings is 2. The minimum Gasteiger partial charge on any atom is -0.395 e. The molecule has 3 aromatic rings. The number of hydrogen-bond acceptors (Lipinski definition) is 8. The molecule has 1 amide bonds. The van der Waals surface area contributed by atoms with E-state index in [4.69, 9.17) is 16.7 Å². The molecule has 5 N–H and O–H groups in total. The van der Waals surface area contributed by atoms with Crippen LogP contribution in [0.2, 0.25) is 5.02 Å². The fourth-order valence-electron chi connectivity index (χ4n) is 2.68. The van der Waals surface area contributed by atoms with Crippen molar-refractivity contribution in [2.24, 2.45) is 0 Å². The predicted molar refractivity (Wildman–Crippen MR) is 124 cm³/mol. The largest absolute Gasteiger partial charge is 0.395 e. The Labute approximate surface area is 194 Å². The summed E-state index contributed by atoms with van der Waals surface area (Å²) in [5.74, 6) is -1.03. The first kappa shape index (κ1) is 24.2. The average molecular weight is 495 g/mol. The highest BCUT2D eigenvalue weighted by Crippen LogP contribution is 2.30. The van der Waals surface area contributed by atoms with Crippen molar-refractivity contribution >= 4 is 56.4 Å². The molecule has 0 aliphatic carbocycles. The Hall–Kier alpha value is -3.48. The van der Waals surface area contributed by atoms with Gasteiger partial charge in [0.25, 0.3) is 5.91 Å². The van der Waals surface area contributed by atoms with Gasteiger partial charge >= 0.3 is 0 Å². The predicted octanol–water partition coefficient (Wildman–Crippen LogP) is 2.85. The Morgan fingerprint density at radius 1 is 1.12 bits per heavy atom. The van der Waals surface area contributed by atoms with Crippen LogP contribution in [0.5, 0.6) is 0 Å². The minimum absolute atomic E-state index is 0.0257. The van der Waals surface area contributed by atoms with Crippen LogP contribution in [0.25, 0.3) is 0 Å². The fraction of sp³-hybridized carbons (Fsp3) is 0.150. The zero-order valence-electron chi connectivity index (χ0n) is 17.3. The number of anilines is 5. The molecule has 0 unspecified atom stereocenters. The van der Waals surface area contributed by atoms with E-state index in [0.29, 0.717) is 5.69 Å². The molecule has 174 valence electrons. The third kappa shape index (κ3) is 6.75. The molecule has 0 atom stereocenters. The third-order valence-electron chi connectivity index (χ3n) is 4.09. The number of hydrogen-bond donors (Lipinski definition) is 5. The molecule has 13 heteroatoms. The van der Waals surface area contributed by atoms with Gasteiger partial charge in [0.15, 0.2) is 5.82 Å². The first-order valence-electron chi connectivity index (χ1n) is 9.48. The summed E-state index contributed by atoms with van der Waals surface area (Å²) in [5, 5.41) is 17.1. The van der Waals surface area contributed by atoms with Gasteiger partial charge < -0.3 is 21.1 Å². The second kappa shape index (κ2) is 10.4. The number of amides is 1. The van der Waals surface area contributed by atoms with E-state index < -0.39 is 21.7 Å². The van der Waals surface area contributed by atoms with Crippen LogP contribution in [-0.2, 0) is 10.0 Å². The van der Waals surface area contributed by atoms with Crippen LogP contribution in [0.3, 0.4) is 0 Å². The molecule has 0 fully saturated rings. The van der Waals surface area contributed by atoms with Gasteiger partial charge in [-0.2, -0.15) is 4.98 Å². The van der Waals surface area contributed by atoms with Crippen molar-refractivity contribution in [3.63, 3.8) is 0 Å². The normalized spacial score (nSPS) is 11.0. The summed E-state index contributed by atoms with van der Waals surface area (Å²) in [7, 11) is -3.53. The van der Waals surface area contributed by atoms with Crippen LogP contribution in [0.4, 0.5) is 33.2 Å². The van der Waals surface area contributed by atoms with Gasteiger partial charge in [-0.15, -0.1) is 0 Å². The molecule has 1 heterocycles. The van der Waals surface area contributed by atoms with Gasteiger partial charge in [0, 0.05) is 12.1 Å². The van der Waals surface area contributed by atoms with Crippen LogP contribution in [0, 0.1) is 5.82 Å². The van der Waals surface area contributed by atoms with E-state index >= 15 is 0 Å². The number of nitrogens with one attached hydrogen (secondary N) is 4. The van der Waals surface area contributed by atoms with Crippen LogP contribution in [0.15, 0.2) is 48.7 Å². The Kier molecular flexibility index (Phi) is 7.63. The topological polar surface area (TPSA) is 145 Å². The number of aromatic nitrogens is 2. The number of nitrogens with zero attached hydrogens (tertiary/aromatic N) is 2. The Morgan fingerprint density at radius 3 is 2.55 bits per heavy atom. The molecule has 33 heavy (non-hydrogen) atoms. The molecule has 10 nitrogen and oxygen atoms in total. The highest BCUT2D eigenvalue weighted by Gasteiger charge is 2.14. The minimum atomic E-state index is -3.53. The molecular weight excluding hydrogens is 475 g/mol. The van der Waals surface area contributed by atoms with Gasteiger partial charge in [-0.3, -0.25) is 9.52 Å². The first-order chi connectivity index (χ1) is 15.7. The van der Waals surface area contributed by atoms with E-state index in [-0.39, 0.29) is 46.9 Å². The lowest BCUT2D eigenvalue weighted by molar-refractivity contribution is 0.0944. The molecule has 0 spiro atoms. The quantitative estimate of drug-likeness (QED) is 0.305. The van der Waals surface area contributed by atoms with Gasteiger partial charge in [-0.05, 0) is 30.3 Å². The van der Waals surface area contributed by atoms with Gasteiger partial charge in [0.1, 0.15) is 10.8 Å². The molecule has 0 bridgehead atoms. The number of para-hydroxylation sites is 2. The van der Waals surface area contributed by atoms with E-state index in [1.54, 1.807) is 24.3 Å². The molecule has 0 saturated heterocycles. The van der Waals surface area contributed by atoms with Gasteiger partial charge in [0.2, 0.25) is 16.0 Å². The van der Waals surface area contributed by atoms with E-state index in [1.807, 2.05) is 0 Å². The summed E-state index contributed by atoms with van der Waals surface area (Å²) >= 11 is 6.18. The zero-order valence-corrected chi connectivity index (χ0v) is 18.8. The van der Waals surface area contributed by atoms with E-state index in [2.05, 4.69) is 30.6 Å². The summed E-state index contributed by atoms with van der Waals surface area (Å²) in [6.45, 7) is -0.167. The standard InChI is InChI=1S/C20H20ClFN6O4S/c1-33(31,32)28-16-5-3-2-4-15(16)25-18-13(21)11-24-20(27-18)26-17-10-12(6-7-14(17)22)19(30)23-8-9-29/h2-7,10-11,28-29H,8-9H2,1H3,(H,23,30)(H2,24,25,26,27). The Balaban J connectivity index is 1.86. The van der Waals surface area contributed by atoms with Crippen LogP contribution >= 0.6 is 11.6 Å². The zero-order chi connectivity index (χ0) is 24.0. The van der Waals surface area contributed by atoms with Crippen LogP contribution in [-0.4, -0.2) is 48.8 Å². The second-order valence-electron chi connectivity index (χ2n) is 6.73. The van der Waals surface area contributed by atoms with Gasteiger partial charge in [-0.25, -0.2) is 17.8 Å². The maximum absolute atomic E-state index is 14.3. The van der Waals surface area contributed by atoms with Crippen molar-refractivity contribution in [1.29, 1.82) is 0 Å². The maximum Gasteiger partial charge on any atom is 0.251 e. The monoisotopic (exact) mass is 494 g/mol. The number of halogens is 2. The lowest BCUT2D eigenvalue weighted by atomic mass is 10.2. The number of carbonyl (C=O) groups is 1. The van der Waals surface area contributed by atoms with Gasteiger partial charge in [-0.1, -0.05) is 23.7 Å². The molecule has 0 radical (unpaired) electrons. The average Bonchev–Trinajstić information content (AvgIpc) is 2.76.